The van der Waals surface area contributed by atoms with Crippen LogP contribution in [-0.2, 0) is 14.3 Å². The smallest absolute Gasteiger partial charge is 0.308 e. The summed E-state index contributed by atoms with van der Waals surface area (Å²) >= 11 is 0. The summed E-state index contributed by atoms with van der Waals surface area (Å²) in [7, 11) is 0. The minimum Gasteiger partial charge on any atom is -0.462 e. The zero-order valence-corrected chi connectivity index (χ0v) is 12.1. The third kappa shape index (κ3) is 8.26. The summed E-state index contributed by atoms with van der Waals surface area (Å²) in [5.74, 6) is -0.0584. The van der Waals surface area contributed by atoms with Gasteiger partial charge in [-0.15, -0.1) is 0 Å². The van der Waals surface area contributed by atoms with Crippen molar-refractivity contribution in [2.45, 2.75) is 78.2 Å². The van der Waals surface area contributed by atoms with Gasteiger partial charge in [0.05, 0.1) is 5.92 Å². The fourth-order valence-electron chi connectivity index (χ4n) is 1.75. The van der Waals surface area contributed by atoms with Crippen LogP contribution >= 0.6 is 0 Å². The number of hydrogen-bond acceptors (Lipinski definition) is 3. The second-order valence-electron chi connectivity index (χ2n) is 4.93. The number of rotatable bonds is 11. The average molecular weight is 256 g/mol. The highest BCUT2D eigenvalue weighted by Gasteiger charge is 2.16. The van der Waals surface area contributed by atoms with Crippen molar-refractivity contribution in [1.82, 2.24) is 0 Å². The van der Waals surface area contributed by atoms with Gasteiger partial charge in [-0.25, -0.2) is 0 Å². The van der Waals surface area contributed by atoms with Crippen molar-refractivity contribution in [1.29, 1.82) is 0 Å². The van der Waals surface area contributed by atoms with E-state index in [9.17, 15) is 9.59 Å². The van der Waals surface area contributed by atoms with Crippen molar-refractivity contribution in [3.63, 3.8) is 0 Å². The van der Waals surface area contributed by atoms with Gasteiger partial charge in [-0.2, -0.15) is 0 Å². The lowest BCUT2D eigenvalue weighted by Gasteiger charge is -2.18. The number of aldehydes is 1. The lowest BCUT2D eigenvalue weighted by atomic mass is 10.1. The van der Waals surface area contributed by atoms with Crippen molar-refractivity contribution >= 4 is 12.3 Å². The molecular weight excluding hydrogens is 228 g/mol. The summed E-state index contributed by atoms with van der Waals surface area (Å²) in [5.41, 5.74) is 0. The van der Waals surface area contributed by atoms with E-state index in [2.05, 4.69) is 6.92 Å². The van der Waals surface area contributed by atoms with Crippen LogP contribution in [0.1, 0.15) is 72.1 Å². The van der Waals surface area contributed by atoms with Gasteiger partial charge in [0.2, 0.25) is 0 Å². The maximum absolute atomic E-state index is 11.7. The summed E-state index contributed by atoms with van der Waals surface area (Å²) in [6, 6.07) is 0. The van der Waals surface area contributed by atoms with Crippen molar-refractivity contribution in [2.75, 3.05) is 0 Å². The molecule has 18 heavy (non-hydrogen) atoms. The average Bonchev–Trinajstić information content (AvgIpc) is 2.39. The first-order valence-corrected chi connectivity index (χ1v) is 7.29. The van der Waals surface area contributed by atoms with Gasteiger partial charge < -0.3 is 9.53 Å². The minimum absolute atomic E-state index is 0.00615. The minimum atomic E-state index is -0.0645. The van der Waals surface area contributed by atoms with Crippen molar-refractivity contribution < 1.29 is 14.3 Å². The quantitative estimate of drug-likeness (QED) is 0.320. The van der Waals surface area contributed by atoms with Crippen LogP contribution in [0, 0.1) is 5.92 Å². The third-order valence-electron chi connectivity index (χ3n) is 3.35. The molecule has 0 saturated heterocycles. The highest BCUT2D eigenvalue weighted by atomic mass is 16.5. The highest BCUT2D eigenvalue weighted by molar-refractivity contribution is 5.72. The first-order valence-electron chi connectivity index (χ1n) is 7.29. The molecule has 0 saturated carbocycles. The number of unbranched alkanes of at least 4 members (excludes halogenated alkanes) is 4. The molecule has 0 aliphatic rings. The van der Waals surface area contributed by atoms with Crippen LogP contribution in [0.3, 0.4) is 0 Å². The Morgan fingerprint density at radius 3 is 2.33 bits per heavy atom. The molecular formula is C15H28O3. The van der Waals surface area contributed by atoms with Crippen LogP contribution in [-0.4, -0.2) is 18.4 Å². The first-order chi connectivity index (χ1) is 8.65. The molecule has 0 bridgehead atoms. The van der Waals surface area contributed by atoms with Gasteiger partial charge in [0, 0.05) is 6.42 Å². The molecule has 0 fully saturated rings. The fraction of sp³-hybridized carbons (Fsp3) is 0.867. The molecule has 0 rings (SSSR count). The van der Waals surface area contributed by atoms with Crippen molar-refractivity contribution in [2.24, 2.45) is 5.92 Å². The number of carbonyl (C=O) groups is 2. The lowest BCUT2D eigenvalue weighted by molar-refractivity contribution is -0.154. The zero-order chi connectivity index (χ0) is 13.8. The molecule has 2 atom stereocenters. The summed E-state index contributed by atoms with van der Waals surface area (Å²) in [6.07, 6.45) is 8.63. The zero-order valence-electron chi connectivity index (χ0n) is 12.1. The SMILES string of the molecule is CCC(CCCCCCC=O)OC(=O)C(C)CC. The predicted molar refractivity (Wildman–Crippen MR) is 73.4 cm³/mol. The Hall–Kier alpha value is -0.860. The highest BCUT2D eigenvalue weighted by Crippen LogP contribution is 2.14. The van der Waals surface area contributed by atoms with E-state index >= 15 is 0 Å². The van der Waals surface area contributed by atoms with Crippen LogP contribution in [0.4, 0.5) is 0 Å². The standard InChI is InChI=1S/C15H28O3/c1-4-13(3)15(17)18-14(5-2)11-9-7-6-8-10-12-16/h12-14H,4-11H2,1-3H3. The van der Waals surface area contributed by atoms with Crippen molar-refractivity contribution in [3.05, 3.63) is 0 Å². The van der Waals surface area contributed by atoms with Gasteiger partial charge in [-0.3, -0.25) is 4.79 Å². The molecule has 0 heterocycles. The first kappa shape index (κ1) is 17.1. The predicted octanol–water partition coefficient (Wildman–Crippen LogP) is 3.89. The van der Waals surface area contributed by atoms with Gasteiger partial charge in [0.15, 0.2) is 0 Å². The molecule has 0 aromatic heterocycles. The van der Waals surface area contributed by atoms with E-state index in [1.807, 2.05) is 13.8 Å². The maximum Gasteiger partial charge on any atom is 0.308 e. The maximum atomic E-state index is 11.7. The molecule has 0 amide bonds. The van der Waals surface area contributed by atoms with Gasteiger partial charge in [-0.1, -0.05) is 33.6 Å². The van der Waals surface area contributed by atoms with E-state index in [0.717, 1.165) is 51.2 Å². The Labute approximate surface area is 111 Å². The van der Waals surface area contributed by atoms with Gasteiger partial charge in [-0.05, 0) is 32.1 Å². The van der Waals surface area contributed by atoms with Crippen LogP contribution < -0.4 is 0 Å². The second-order valence-corrected chi connectivity index (χ2v) is 4.93. The molecule has 0 N–H and O–H groups in total. The van der Waals surface area contributed by atoms with Gasteiger partial charge in [0.25, 0.3) is 0 Å². The Kier molecular flexibility index (Phi) is 10.7. The molecule has 0 aliphatic carbocycles. The summed E-state index contributed by atoms with van der Waals surface area (Å²) in [5, 5.41) is 0. The van der Waals surface area contributed by atoms with E-state index in [-0.39, 0.29) is 18.0 Å². The number of hydrogen-bond donors (Lipinski definition) is 0. The van der Waals surface area contributed by atoms with E-state index in [1.54, 1.807) is 0 Å². The van der Waals surface area contributed by atoms with Crippen molar-refractivity contribution in [3.8, 4) is 0 Å². The monoisotopic (exact) mass is 256 g/mol. The normalized spacial score (nSPS) is 13.9. The molecule has 3 heteroatoms. The van der Waals surface area contributed by atoms with E-state index < -0.39 is 0 Å². The molecule has 2 unspecified atom stereocenters. The fourth-order valence-corrected chi connectivity index (χ4v) is 1.75. The molecule has 0 spiro atoms. The van der Waals surface area contributed by atoms with Crippen LogP contribution in [0.15, 0.2) is 0 Å². The van der Waals surface area contributed by atoms with E-state index in [0.29, 0.717) is 6.42 Å². The van der Waals surface area contributed by atoms with Crippen LogP contribution in [0.5, 0.6) is 0 Å². The van der Waals surface area contributed by atoms with E-state index in [4.69, 9.17) is 4.74 Å². The van der Waals surface area contributed by atoms with E-state index in [1.165, 1.54) is 0 Å². The molecule has 3 nitrogen and oxygen atoms in total. The Morgan fingerprint density at radius 1 is 1.11 bits per heavy atom. The molecule has 0 aromatic rings. The largest absolute Gasteiger partial charge is 0.462 e. The topological polar surface area (TPSA) is 43.4 Å². The molecule has 106 valence electrons. The number of ether oxygens (including phenoxy) is 1. The van der Waals surface area contributed by atoms with Crippen LogP contribution in [0.25, 0.3) is 0 Å². The lowest BCUT2D eigenvalue weighted by Crippen LogP contribution is -2.22. The van der Waals surface area contributed by atoms with Crippen LogP contribution in [0.2, 0.25) is 0 Å². The molecule has 0 aromatic carbocycles. The number of esters is 1. The second kappa shape index (κ2) is 11.2. The molecule has 0 radical (unpaired) electrons. The molecule has 0 aliphatic heterocycles. The summed E-state index contributed by atoms with van der Waals surface area (Å²) in [4.78, 5) is 21.8. The number of carbonyl (C=O) groups excluding carboxylic acids is 2. The Balaban J connectivity index is 3.70. The Bertz CT molecular complexity index is 226. The third-order valence-corrected chi connectivity index (χ3v) is 3.35. The summed E-state index contributed by atoms with van der Waals surface area (Å²) in [6.45, 7) is 5.97. The Morgan fingerprint density at radius 2 is 1.78 bits per heavy atom. The van der Waals surface area contributed by atoms with Gasteiger partial charge >= 0.3 is 5.97 Å². The summed E-state index contributed by atoms with van der Waals surface area (Å²) < 4.78 is 5.48. The van der Waals surface area contributed by atoms with Gasteiger partial charge in [0.1, 0.15) is 12.4 Å².